The van der Waals surface area contributed by atoms with E-state index in [1.807, 2.05) is 27.7 Å². The molecule has 5 heteroatoms. The average Bonchev–Trinajstić information content (AvgIpc) is 2.71. The molecule has 17 heavy (non-hydrogen) atoms. The summed E-state index contributed by atoms with van der Waals surface area (Å²) in [5.74, 6) is 1.73. The molecular formula is C12H23N3O2. The van der Waals surface area contributed by atoms with E-state index >= 15 is 0 Å². The van der Waals surface area contributed by atoms with Gasteiger partial charge in [-0.1, -0.05) is 13.8 Å². The summed E-state index contributed by atoms with van der Waals surface area (Å²) < 4.78 is 7.05. The summed E-state index contributed by atoms with van der Waals surface area (Å²) in [7, 11) is 1.60. The Hall–Kier alpha value is -0.940. The van der Waals surface area contributed by atoms with Crippen molar-refractivity contribution in [1.29, 1.82) is 0 Å². The van der Waals surface area contributed by atoms with Gasteiger partial charge in [-0.3, -0.25) is 0 Å². The molecule has 5 nitrogen and oxygen atoms in total. The minimum Gasteiger partial charge on any atom is -0.388 e. The van der Waals surface area contributed by atoms with Crippen LogP contribution in [0.5, 0.6) is 0 Å². The van der Waals surface area contributed by atoms with E-state index in [2.05, 4.69) is 10.1 Å². The van der Waals surface area contributed by atoms with E-state index in [1.54, 1.807) is 11.8 Å². The lowest BCUT2D eigenvalue weighted by molar-refractivity contribution is -0.0846. The van der Waals surface area contributed by atoms with Crippen molar-refractivity contribution in [2.24, 2.45) is 0 Å². The van der Waals surface area contributed by atoms with Crippen LogP contribution in [0.4, 0.5) is 0 Å². The number of rotatable bonds is 6. The van der Waals surface area contributed by atoms with Gasteiger partial charge in [-0.05, 0) is 13.8 Å². The molecule has 1 heterocycles. The third kappa shape index (κ3) is 3.26. The van der Waals surface area contributed by atoms with Gasteiger partial charge in [-0.2, -0.15) is 5.10 Å². The van der Waals surface area contributed by atoms with Crippen LogP contribution in [0.2, 0.25) is 0 Å². The molecule has 0 aromatic carbocycles. The van der Waals surface area contributed by atoms with Gasteiger partial charge in [0, 0.05) is 20.0 Å². The molecule has 0 aliphatic rings. The van der Waals surface area contributed by atoms with E-state index < -0.39 is 11.7 Å². The third-order valence-corrected chi connectivity index (χ3v) is 3.10. The normalized spacial score (nSPS) is 14.0. The number of methoxy groups -OCH3 is 1. The first-order valence-electron chi connectivity index (χ1n) is 6.10. The van der Waals surface area contributed by atoms with Gasteiger partial charge in [-0.25, -0.2) is 9.67 Å². The number of aryl methyl sites for hydroxylation is 2. The maximum Gasteiger partial charge on any atom is 0.150 e. The molecule has 0 saturated heterocycles. The lowest BCUT2D eigenvalue weighted by Crippen LogP contribution is -2.41. The van der Waals surface area contributed by atoms with Crippen molar-refractivity contribution in [3.05, 3.63) is 11.6 Å². The second kappa shape index (κ2) is 5.60. The first-order chi connectivity index (χ1) is 7.94. The van der Waals surface area contributed by atoms with Gasteiger partial charge < -0.3 is 9.84 Å². The summed E-state index contributed by atoms with van der Waals surface area (Å²) in [5, 5.41) is 14.5. The molecule has 1 aromatic rings. The summed E-state index contributed by atoms with van der Waals surface area (Å²) in [6.07, 6.45) is 1.01. The summed E-state index contributed by atoms with van der Waals surface area (Å²) in [4.78, 5) is 4.41. The SMILES string of the molecule is CCc1nc(CC)n(CC(O)C(C)(C)OC)n1. The Bertz CT molecular complexity index is 361. The van der Waals surface area contributed by atoms with Crippen molar-refractivity contribution in [3.8, 4) is 0 Å². The smallest absolute Gasteiger partial charge is 0.150 e. The molecule has 1 unspecified atom stereocenters. The molecule has 1 N–H and O–H groups in total. The van der Waals surface area contributed by atoms with Crippen LogP contribution in [0.3, 0.4) is 0 Å². The second-order valence-electron chi connectivity index (χ2n) is 4.66. The first kappa shape index (κ1) is 14.1. The van der Waals surface area contributed by atoms with Gasteiger partial charge in [-0.15, -0.1) is 0 Å². The van der Waals surface area contributed by atoms with E-state index in [9.17, 15) is 5.11 Å². The summed E-state index contributed by atoms with van der Waals surface area (Å²) in [6, 6.07) is 0. The van der Waals surface area contributed by atoms with Crippen LogP contribution in [-0.4, -0.2) is 38.7 Å². The number of hydrogen-bond donors (Lipinski definition) is 1. The van der Waals surface area contributed by atoms with Crippen LogP contribution in [0.25, 0.3) is 0 Å². The molecule has 98 valence electrons. The van der Waals surface area contributed by atoms with Crippen molar-refractivity contribution in [1.82, 2.24) is 14.8 Å². The Labute approximate surface area is 103 Å². The zero-order valence-corrected chi connectivity index (χ0v) is 11.4. The monoisotopic (exact) mass is 241 g/mol. The van der Waals surface area contributed by atoms with E-state index in [0.717, 1.165) is 24.5 Å². The molecule has 0 spiro atoms. The molecule has 1 atom stereocenters. The highest BCUT2D eigenvalue weighted by Crippen LogP contribution is 2.16. The molecule has 0 amide bonds. The number of aliphatic hydroxyl groups excluding tert-OH is 1. The highest BCUT2D eigenvalue weighted by atomic mass is 16.5. The van der Waals surface area contributed by atoms with Gasteiger partial charge >= 0.3 is 0 Å². The average molecular weight is 241 g/mol. The number of ether oxygens (including phenoxy) is 1. The second-order valence-corrected chi connectivity index (χ2v) is 4.66. The highest BCUT2D eigenvalue weighted by molar-refractivity contribution is 4.94. The number of hydrogen-bond acceptors (Lipinski definition) is 4. The van der Waals surface area contributed by atoms with Crippen LogP contribution < -0.4 is 0 Å². The molecule has 0 aliphatic carbocycles. The van der Waals surface area contributed by atoms with Crippen molar-refractivity contribution >= 4 is 0 Å². The van der Waals surface area contributed by atoms with Crippen LogP contribution >= 0.6 is 0 Å². The third-order valence-electron chi connectivity index (χ3n) is 3.10. The van der Waals surface area contributed by atoms with Gasteiger partial charge in [0.05, 0.1) is 12.1 Å². The quantitative estimate of drug-likeness (QED) is 0.812. The zero-order chi connectivity index (χ0) is 13.1. The minimum absolute atomic E-state index is 0.414. The first-order valence-corrected chi connectivity index (χ1v) is 6.10. The van der Waals surface area contributed by atoms with Gasteiger partial charge in [0.2, 0.25) is 0 Å². The van der Waals surface area contributed by atoms with Crippen molar-refractivity contribution in [2.45, 2.75) is 58.8 Å². The topological polar surface area (TPSA) is 60.2 Å². The van der Waals surface area contributed by atoms with Crippen molar-refractivity contribution < 1.29 is 9.84 Å². The maximum atomic E-state index is 10.1. The van der Waals surface area contributed by atoms with Crippen molar-refractivity contribution in [3.63, 3.8) is 0 Å². The van der Waals surface area contributed by atoms with Gasteiger partial charge in [0.25, 0.3) is 0 Å². The largest absolute Gasteiger partial charge is 0.388 e. The Balaban J connectivity index is 2.83. The van der Waals surface area contributed by atoms with Crippen LogP contribution in [0.15, 0.2) is 0 Å². The van der Waals surface area contributed by atoms with Crippen LogP contribution in [-0.2, 0) is 24.1 Å². The zero-order valence-electron chi connectivity index (χ0n) is 11.4. The van der Waals surface area contributed by atoms with Crippen molar-refractivity contribution in [2.75, 3.05) is 7.11 Å². The molecule has 1 rings (SSSR count). The Kier molecular flexibility index (Phi) is 4.65. The molecule has 1 aromatic heterocycles. The van der Waals surface area contributed by atoms with Crippen LogP contribution in [0.1, 0.15) is 39.3 Å². The Morgan fingerprint density at radius 3 is 2.47 bits per heavy atom. The van der Waals surface area contributed by atoms with Gasteiger partial charge in [0.1, 0.15) is 11.9 Å². The number of nitrogens with zero attached hydrogens (tertiary/aromatic N) is 3. The molecule has 0 bridgehead atoms. The lowest BCUT2D eigenvalue weighted by Gasteiger charge is -2.29. The Morgan fingerprint density at radius 1 is 1.35 bits per heavy atom. The fourth-order valence-electron chi connectivity index (χ4n) is 1.50. The molecule has 0 saturated carbocycles. The van der Waals surface area contributed by atoms with E-state index in [1.165, 1.54) is 0 Å². The predicted molar refractivity (Wildman–Crippen MR) is 65.9 cm³/mol. The number of aromatic nitrogens is 3. The van der Waals surface area contributed by atoms with Gasteiger partial charge in [0.15, 0.2) is 5.82 Å². The molecular weight excluding hydrogens is 218 g/mol. The summed E-state index contributed by atoms with van der Waals surface area (Å²) >= 11 is 0. The summed E-state index contributed by atoms with van der Waals surface area (Å²) in [6.45, 7) is 8.20. The fraction of sp³-hybridized carbons (Fsp3) is 0.833. The molecule has 0 fully saturated rings. The lowest BCUT2D eigenvalue weighted by atomic mass is 10.0. The summed E-state index contributed by atoms with van der Waals surface area (Å²) in [5.41, 5.74) is -0.580. The van der Waals surface area contributed by atoms with E-state index in [0.29, 0.717) is 6.54 Å². The fourth-order valence-corrected chi connectivity index (χ4v) is 1.50. The molecule has 0 aliphatic heterocycles. The van der Waals surface area contributed by atoms with E-state index in [-0.39, 0.29) is 0 Å². The highest BCUT2D eigenvalue weighted by Gasteiger charge is 2.28. The Morgan fingerprint density at radius 2 is 2.00 bits per heavy atom. The predicted octanol–water partition coefficient (Wildman–Crippen LogP) is 1.19. The molecule has 0 radical (unpaired) electrons. The van der Waals surface area contributed by atoms with Crippen LogP contribution in [0, 0.1) is 0 Å². The van der Waals surface area contributed by atoms with E-state index in [4.69, 9.17) is 4.74 Å². The minimum atomic E-state index is -0.607. The number of aliphatic hydroxyl groups is 1. The maximum absolute atomic E-state index is 10.1. The standard InChI is InChI=1S/C12H23N3O2/c1-6-10-13-11(7-2)15(14-10)8-9(16)12(3,4)17-5/h9,16H,6-8H2,1-5H3.